The van der Waals surface area contributed by atoms with Gasteiger partial charge in [-0.2, -0.15) is 0 Å². The van der Waals surface area contributed by atoms with Gasteiger partial charge in [-0.05, 0) is 47.5 Å². The van der Waals surface area contributed by atoms with E-state index in [1.54, 1.807) is 6.92 Å². The summed E-state index contributed by atoms with van der Waals surface area (Å²) < 4.78 is 0. The molecule has 3 unspecified atom stereocenters. The molecule has 3 atom stereocenters. The fourth-order valence-electron chi connectivity index (χ4n) is 2.65. The van der Waals surface area contributed by atoms with Crippen LogP contribution in [0.3, 0.4) is 0 Å². The first-order valence-electron chi connectivity index (χ1n) is 7.44. The number of nitrogens with one attached hydrogen (secondary N) is 2. The van der Waals surface area contributed by atoms with Crippen molar-refractivity contribution >= 4 is 24.2 Å². The first kappa shape index (κ1) is 20.2. The van der Waals surface area contributed by atoms with E-state index in [0.29, 0.717) is 0 Å². The standard InChI is InChI=1S/C15H29N3O2.ClH/c1-10(12(19)18-14(2,3)4)17-13(20)11-8-6-7-9-15(11,5)16;/h10-11H,6-9,16H2,1-5H3,(H,17,20)(H,18,19);1H. The molecule has 1 rings (SSSR count). The first-order chi connectivity index (χ1) is 9.03. The van der Waals surface area contributed by atoms with Gasteiger partial charge in [-0.15, -0.1) is 12.4 Å². The zero-order valence-electron chi connectivity index (χ0n) is 13.8. The van der Waals surface area contributed by atoms with E-state index in [2.05, 4.69) is 10.6 Å². The number of nitrogens with two attached hydrogens (primary N) is 1. The molecule has 4 N–H and O–H groups in total. The highest BCUT2D eigenvalue weighted by molar-refractivity contribution is 5.89. The number of halogens is 1. The van der Waals surface area contributed by atoms with Crippen molar-refractivity contribution in [3.8, 4) is 0 Å². The Morgan fingerprint density at radius 2 is 1.86 bits per heavy atom. The van der Waals surface area contributed by atoms with Crippen LogP contribution in [0.4, 0.5) is 0 Å². The van der Waals surface area contributed by atoms with Crippen LogP contribution in [-0.2, 0) is 9.59 Å². The molecule has 0 bridgehead atoms. The quantitative estimate of drug-likeness (QED) is 0.740. The Labute approximate surface area is 134 Å². The van der Waals surface area contributed by atoms with Gasteiger partial charge < -0.3 is 16.4 Å². The molecule has 0 aromatic rings. The summed E-state index contributed by atoms with van der Waals surface area (Å²) >= 11 is 0. The lowest BCUT2D eigenvalue weighted by atomic mass is 9.74. The van der Waals surface area contributed by atoms with E-state index in [4.69, 9.17) is 5.73 Å². The molecule has 0 aromatic carbocycles. The average molecular weight is 320 g/mol. The van der Waals surface area contributed by atoms with Crippen molar-refractivity contribution in [1.82, 2.24) is 10.6 Å². The molecule has 1 aliphatic rings. The molecule has 1 aliphatic carbocycles. The summed E-state index contributed by atoms with van der Waals surface area (Å²) in [4.78, 5) is 24.3. The Balaban J connectivity index is 0.00000400. The average Bonchev–Trinajstić information content (AvgIpc) is 2.25. The van der Waals surface area contributed by atoms with E-state index in [9.17, 15) is 9.59 Å². The summed E-state index contributed by atoms with van der Waals surface area (Å²) in [6.07, 6.45) is 3.74. The number of hydrogen-bond acceptors (Lipinski definition) is 3. The van der Waals surface area contributed by atoms with Crippen LogP contribution in [0.2, 0.25) is 0 Å². The van der Waals surface area contributed by atoms with E-state index in [1.165, 1.54) is 0 Å². The van der Waals surface area contributed by atoms with Crippen LogP contribution < -0.4 is 16.4 Å². The zero-order valence-corrected chi connectivity index (χ0v) is 14.6. The summed E-state index contributed by atoms with van der Waals surface area (Å²) in [6.45, 7) is 9.37. The molecular weight excluding hydrogens is 290 g/mol. The maximum atomic E-state index is 12.3. The Morgan fingerprint density at radius 3 is 2.33 bits per heavy atom. The summed E-state index contributed by atoms with van der Waals surface area (Å²) in [5, 5.41) is 5.66. The third-order valence-corrected chi connectivity index (χ3v) is 3.82. The highest BCUT2D eigenvalue weighted by Gasteiger charge is 2.38. The zero-order chi connectivity index (χ0) is 15.6. The van der Waals surface area contributed by atoms with Gasteiger partial charge in [-0.3, -0.25) is 9.59 Å². The maximum absolute atomic E-state index is 12.3. The fourth-order valence-corrected chi connectivity index (χ4v) is 2.65. The van der Waals surface area contributed by atoms with E-state index >= 15 is 0 Å². The molecule has 0 spiro atoms. The van der Waals surface area contributed by atoms with Gasteiger partial charge in [0.25, 0.3) is 0 Å². The number of carbonyl (C=O) groups is 2. The molecule has 1 saturated carbocycles. The van der Waals surface area contributed by atoms with Crippen LogP contribution in [0, 0.1) is 5.92 Å². The third kappa shape index (κ3) is 6.22. The first-order valence-corrected chi connectivity index (χ1v) is 7.44. The smallest absolute Gasteiger partial charge is 0.242 e. The number of carbonyl (C=O) groups excluding carboxylic acids is 2. The van der Waals surface area contributed by atoms with Crippen molar-refractivity contribution in [2.75, 3.05) is 0 Å². The summed E-state index contributed by atoms with van der Waals surface area (Å²) in [5.74, 6) is -0.479. The van der Waals surface area contributed by atoms with Gasteiger partial charge in [-0.1, -0.05) is 12.8 Å². The number of rotatable bonds is 3. The largest absolute Gasteiger partial charge is 0.350 e. The van der Waals surface area contributed by atoms with E-state index in [-0.39, 0.29) is 35.7 Å². The van der Waals surface area contributed by atoms with Crippen LogP contribution in [0.15, 0.2) is 0 Å². The Hall–Kier alpha value is -0.810. The van der Waals surface area contributed by atoms with Gasteiger partial charge in [0, 0.05) is 11.1 Å². The van der Waals surface area contributed by atoms with Gasteiger partial charge in [0.1, 0.15) is 6.04 Å². The molecule has 0 aromatic heterocycles. The molecule has 1 fully saturated rings. The van der Waals surface area contributed by atoms with Crippen molar-refractivity contribution < 1.29 is 9.59 Å². The normalized spacial score (nSPS) is 27.2. The fraction of sp³-hybridized carbons (Fsp3) is 0.867. The SMILES string of the molecule is CC(NC(=O)C1CCCCC1(C)N)C(=O)NC(C)(C)C.Cl. The summed E-state index contributed by atoms with van der Waals surface area (Å²) in [7, 11) is 0. The van der Waals surface area contributed by atoms with Crippen LogP contribution >= 0.6 is 12.4 Å². The monoisotopic (exact) mass is 319 g/mol. The summed E-state index contributed by atoms with van der Waals surface area (Å²) in [6, 6.07) is -0.542. The molecule has 0 heterocycles. The molecule has 0 saturated heterocycles. The van der Waals surface area contributed by atoms with Crippen LogP contribution in [0.5, 0.6) is 0 Å². The molecular formula is C15H30ClN3O2. The predicted octanol–water partition coefficient (Wildman–Crippen LogP) is 1.74. The van der Waals surface area contributed by atoms with Crippen LogP contribution in [0.1, 0.15) is 60.3 Å². The van der Waals surface area contributed by atoms with Crippen LogP contribution in [-0.4, -0.2) is 28.9 Å². The van der Waals surface area contributed by atoms with Crippen molar-refractivity contribution in [1.29, 1.82) is 0 Å². The third-order valence-electron chi connectivity index (χ3n) is 3.82. The van der Waals surface area contributed by atoms with Gasteiger partial charge >= 0.3 is 0 Å². The van der Waals surface area contributed by atoms with E-state index < -0.39 is 11.6 Å². The molecule has 0 aliphatic heterocycles. The predicted molar refractivity (Wildman–Crippen MR) is 87.3 cm³/mol. The van der Waals surface area contributed by atoms with Crippen LogP contribution in [0.25, 0.3) is 0 Å². The highest BCUT2D eigenvalue weighted by atomic mass is 35.5. The minimum absolute atomic E-state index is 0. The number of amides is 2. The van der Waals surface area contributed by atoms with Crippen molar-refractivity contribution in [2.24, 2.45) is 11.7 Å². The molecule has 0 radical (unpaired) electrons. The van der Waals surface area contributed by atoms with Gasteiger partial charge in [0.2, 0.25) is 11.8 Å². The molecule has 5 nitrogen and oxygen atoms in total. The lowest BCUT2D eigenvalue weighted by Crippen LogP contribution is -2.57. The Bertz CT molecular complexity index is 378. The van der Waals surface area contributed by atoms with Gasteiger partial charge in [0.05, 0.1) is 5.92 Å². The molecule has 21 heavy (non-hydrogen) atoms. The van der Waals surface area contributed by atoms with E-state index in [1.807, 2.05) is 27.7 Å². The minimum Gasteiger partial charge on any atom is -0.350 e. The number of hydrogen-bond donors (Lipinski definition) is 3. The van der Waals surface area contributed by atoms with Crippen molar-refractivity contribution in [3.05, 3.63) is 0 Å². The summed E-state index contributed by atoms with van der Waals surface area (Å²) in [5.41, 5.74) is 5.44. The molecule has 124 valence electrons. The second kappa shape index (κ2) is 7.45. The Morgan fingerprint density at radius 1 is 1.29 bits per heavy atom. The minimum atomic E-state index is -0.542. The topological polar surface area (TPSA) is 84.2 Å². The lowest BCUT2D eigenvalue weighted by Gasteiger charge is -2.37. The Kier molecular flexibility index (Phi) is 7.16. The van der Waals surface area contributed by atoms with Gasteiger partial charge in [0.15, 0.2) is 0 Å². The second-order valence-corrected chi connectivity index (χ2v) is 7.27. The van der Waals surface area contributed by atoms with Crippen molar-refractivity contribution in [2.45, 2.75) is 77.4 Å². The second-order valence-electron chi connectivity index (χ2n) is 7.27. The molecule has 6 heteroatoms. The lowest BCUT2D eigenvalue weighted by molar-refractivity contribution is -0.133. The maximum Gasteiger partial charge on any atom is 0.242 e. The van der Waals surface area contributed by atoms with E-state index in [0.717, 1.165) is 25.7 Å². The van der Waals surface area contributed by atoms with Gasteiger partial charge in [-0.25, -0.2) is 0 Å². The highest BCUT2D eigenvalue weighted by Crippen LogP contribution is 2.31. The molecule has 2 amide bonds. The van der Waals surface area contributed by atoms with Crippen molar-refractivity contribution in [3.63, 3.8) is 0 Å².